The number of anilines is 1. The number of rotatable bonds is 8. The van der Waals surface area contributed by atoms with Crippen LogP contribution in [0.4, 0.5) is 9.93 Å². The maximum Gasteiger partial charge on any atom is 0.321 e. The lowest BCUT2D eigenvalue weighted by Crippen LogP contribution is -2.30. The molecule has 10 nitrogen and oxygen atoms in total. The zero-order valence-corrected chi connectivity index (χ0v) is 18.9. The van der Waals surface area contributed by atoms with Gasteiger partial charge in [-0.25, -0.2) is 9.78 Å². The van der Waals surface area contributed by atoms with Crippen LogP contribution in [0.1, 0.15) is 32.6 Å². The number of hydrogen-bond donors (Lipinski definition) is 2. The number of amides is 2. The van der Waals surface area contributed by atoms with Gasteiger partial charge in [0.15, 0.2) is 11.0 Å². The summed E-state index contributed by atoms with van der Waals surface area (Å²) in [5.41, 5.74) is 2.78. The molecular formula is C21H24N8O2S. The lowest BCUT2D eigenvalue weighted by molar-refractivity contribution is 0.252. The van der Waals surface area contributed by atoms with Crippen LogP contribution in [0.5, 0.6) is 5.75 Å². The van der Waals surface area contributed by atoms with Gasteiger partial charge in [-0.1, -0.05) is 17.4 Å². The highest BCUT2D eigenvalue weighted by Crippen LogP contribution is 2.31. The predicted octanol–water partition coefficient (Wildman–Crippen LogP) is 3.69. The molecule has 32 heavy (non-hydrogen) atoms. The largest absolute Gasteiger partial charge is 0.492 e. The molecule has 0 fully saturated rings. The first-order valence-corrected chi connectivity index (χ1v) is 11.2. The number of hydrogen-bond acceptors (Lipinski definition) is 8. The number of carbonyl (C=O) groups is 1. The second-order valence-electron chi connectivity index (χ2n) is 7.29. The molecule has 2 amide bonds. The van der Waals surface area contributed by atoms with Gasteiger partial charge >= 0.3 is 6.03 Å². The van der Waals surface area contributed by atoms with Crippen molar-refractivity contribution in [1.29, 1.82) is 0 Å². The highest BCUT2D eigenvalue weighted by Gasteiger charge is 2.11. The van der Waals surface area contributed by atoms with Gasteiger partial charge in [-0.3, -0.25) is 10.3 Å². The molecule has 0 atom stereocenters. The van der Waals surface area contributed by atoms with Gasteiger partial charge in [0.1, 0.15) is 5.75 Å². The van der Waals surface area contributed by atoms with Crippen LogP contribution in [0, 0.1) is 0 Å². The molecule has 0 aliphatic heterocycles. The standard InChI is InChI=1S/C21H24N8O2S/c1-4-31-16-9-15(11-22-12-16)14-5-6-17-18(10-14)32-21(24-17)25-20(30)23-8-7-19-26-28-29(27-19)13(2)3/h5-6,9-13H,4,7-8H2,1-3H3,(H2,23,24,25,30). The van der Waals surface area contributed by atoms with E-state index in [2.05, 4.69) is 36.0 Å². The summed E-state index contributed by atoms with van der Waals surface area (Å²) < 4.78 is 6.50. The molecule has 4 rings (SSSR count). The fourth-order valence-electron chi connectivity index (χ4n) is 2.98. The SMILES string of the molecule is CCOc1cncc(-c2ccc3nc(NC(=O)NCCc4nnn(C(C)C)n4)sc3c2)c1. The number of nitrogens with one attached hydrogen (secondary N) is 2. The van der Waals surface area contributed by atoms with Crippen LogP contribution in [-0.2, 0) is 6.42 Å². The molecule has 0 saturated heterocycles. The Bertz CT molecular complexity index is 1220. The number of thiazole rings is 1. The van der Waals surface area contributed by atoms with E-state index in [0.29, 0.717) is 30.5 Å². The van der Waals surface area contributed by atoms with E-state index in [9.17, 15) is 4.79 Å². The summed E-state index contributed by atoms with van der Waals surface area (Å²) in [5.74, 6) is 1.32. The zero-order valence-electron chi connectivity index (χ0n) is 18.1. The average Bonchev–Trinajstić information content (AvgIpc) is 3.40. The van der Waals surface area contributed by atoms with Crippen molar-refractivity contribution < 1.29 is 9.53 Å². The van der Waals surface area contributed by atoms with Gasteiger partial charge in [-0.05, 0) is 49.7 Å². The van der Waals surface area contributed by atoms with Crippen molar-refractivity contribution in [2.24, 2.45) is 0 Å². The second-order valence-corrected chi connectivity index (χ2v) is 8.33. The van der Waals surface area contributed by atoms with Crippen molar-refractivity contribution >= 4 is 32.7 Å². The van der Waals surface area contributed by atoms with Crippen molar-refractivity contribution in [3.63, 3.8) is 0 Å². The molecule has 166 valence electrons. The molecule has 3 aromatic heterocycles. The Morgan fingerprint density at radius 1 is 1.22 bits per heavy atom. The third-order valence-corrected chi connectivity index (χ3v) is 5.47. The topological polar surface area (TPSA) is 120 Å². The highest BCUT2D eigenvalue weighted by atomic mass is 32.1. The molecular weight excluding hydrogens is 428 g/mol. The second kappa shape index (κ2) is 9.69. The molecule has 0 unspecified atom stereocenters. The Kier molecular flexibility index (Phi) is 6.55. The number of fused-ring (bicyclic) bond motifs is 1. The lowest BCUT2D eigenvalue weighted by Gasteiger charge is -2.05. The first-order chi connectivity index (χ1) is 15.5. The molecule has 0 spiro atoms. The van der Waals surface area contributed by atoms with E-state index in [-0.39, 0.29) is 12.1 Å². The van der Waals surface area contributed by atoms with E-state index >= 15 is 0 Å². The van der Waals surface area contributed by atoms with Crippen molar-refractivity contribution in [3.05, 3.63) is 42.5 Å². The summed E-state index contributed by atoms with van der Waals surface area (Å²) >= 11 is 1.41. The number of nitrogens with zero attached hydrogens (tertiary/aromatic N) is 6. The number of pyridine rings is 1. The molecule has 0 bridgehead atoms. The van der Waals surface area contributed by atoms with Crippen LogP contribution in [-0.4, -0.2) is 49.4 Å². The third kappa shape index (κ3) is 5.17. The maximum atomic E-state index is 12.2. The van der Waals surface area contributed by atoms with Gasteiger partial charge in [-0.15, -0.1) is 10.2 Å². The minimum absolute atomic E-state index is 0.150. The van der Waals surface area contributed by atoms with Gasteiger partial charge in [0, 0.05) is 24.7 Å². The van der Waals surface area contributed by atoms with Crippen LogP contribution < -0.4 is 15.4 Å². The van der Waals surface area contributed by atoms with E-state index in [1.165, 1.54) is 11.3 Å². The van der Waals surface area contributed by atoms with Crippen molar-refractivity contribution in [2.75, 3.05) is 18.5 Å². The number of carbonyl (C=O) groups excluding carboxylic acids is 1. The molecule has 1 aromatic carbocycles. The van der Waals surface area contributed by atoms with E-state index in [4.69, 9.17) is 4.74 Å². The van der Waals surface area contributed by atoms with E-state index in [1.807, 2.05) is 45.0 Å². The first kappa shape index (κ1) is 21.6. The highest BCUT2D eigenvalue weighted by molar-refractivity contribution is 7.22. The van der Waals surface area contributed by atoms with Gasteiger partial charge < -0.3 is 10.1 Å². The zero-order chi connectivity index (χ0) is 22.5. The molecule has 4 aromatic rings. The average molecular weight is 453 g/mol. The normalized spacial score (nSPS) is 11.1. The molecule has 2 N–H and O–H groups in total. The van der Waals surface area contributed by atoms with Gasteiger partial charge in [-0.2, -0.15) is 4.80 Å². The smallest absolute Gasteiger partial charge is 0.321 e. The Morgan fingerprint density at radius 3 is 2.88 bits per heavy atom. The summed E-state index contributed by atoms with van der Waals surface area (Å²) in [6, 6.07) is 7.73. The minimum atomic E-state index is -0.325. The summed E-state index contributed by atoms with van der Waals surface area (Å²) in [7, 11) is 0. The van der Waals surface area contributed by atoms with Crippen LogP contribution in [0.25, 0.3) is 21.3 Å². The monoisotopic (exact) mass is 452 g/mol. The lowest BCUT2D eigenvalue weighted by atomic mass is 10.1. The Morgan fingerprint density at radius 2 is 2.09 bits per heavy atom. The molecule has 0 radical (unpaired) electrons. The Hall–Kier alpha value is -3.60. The van der Waals surface area contributed by atoms with Crippen LogP contribution in [0.3, 0.4) is 0 Å². The summed E-state index contributed by atoms with van der Waals surface area (Å²) in [4.78, 5) is 22.5. The number of tetrazole rings is 1. The predicted molar refractivity (Wildman–Crippen MR) is 123 cm³/mol. The van der Waals surface area contributed by atoms with Crippen LogP contribution in [0.2, 0.25) is 0 Å². The minimum Gasteiger partial charge on any atom is -0.492 e. The molecule has 0 saturated carbocycles. The molecule has 0 aliphatic carbocycles. The quantitative estimate of drug-likeness (QED) is 0.418. The fourth-order valence-corrected chi connectivity index (χ4v) is 3.88. The van der Waals surface area contributed by atoms with Gasteiger partial charge in [0.2, 0.25) is 0 Å². The summed E-state index contributed by atoms with van der Waals surface area (Å²) in [5, 5.41) is 18.3. The number of benzene rings is 1. The maximum absolute atomic E-state index is 12.2. The van der Waals surface area contributed by atoms with Crippen molar-refractivity contribution in [1.82, 2.24) is 35.5 Å². The van der Waals surface area contributed by atoms with Crippen LogP contribution in [0.15, 0.2) is 36.7 Å². The molecule has 3 heterocycles. The molecule has 0 aliphatic rings. The molecule has 11 heteroatoms. The first-order valence-electron chi connectivity index (χ1n) is 10.3. The fraction of sp³-hybridized carbons (Fsp3) is 0.333. The van der Waals surface area contributed by atoms with E-state index in [0.717, 1.165) is 27.1 Å². The van der Waals surface area contributed by atoms with E-state index in [1.54, 1.807) is 17.2 Å². The van der Waals surface area contributed by atoms with Crippen LogP contribution >= 0.6 is 11.3 Å². The summed E-state index contributed by atoms with van der Waals surface area (Å²) in [6.07, 6.45) is 3.99. The summed E-state index contributed by atoms with van der Waals surface area (Å²) in [6.45, 7) is 6.88. The van der Waals surface area contributed by atoms with Gasteiger partial charge in [0.25, 0.3) is 0 Å². The number of urea groups is 1. The number of ether oxygens (including phenoxy) is 1. The Labute approximate surface area is 189 Å². The van der Waals surface area contributed by atoms with Crippen molar-refractivity contribution in [2.45, 2.75) is 33.2 Å². The Balaban J connectivity index is 1.37. The third-order valence-electron chi connectivity index (χ3n) is 4.53. The number of aromatic nitrogens is 6. The van der Waals surface area contributed by atoms with Gasteiger partial charge in [0.05, 0.1) is 29.1 Å². The van der Waals surface area contributed by atoms with Crippen molar-refractivity contribution in [3.8, 4) is 16.9 Å². The van der Waals surface area contributed by atoms with E-state index < -0.39 is 0 Å².